The molecule has 0 spiro atoms. The Kier molecular flexibility index (Phi) is 5.05. The first-order chi connectivity index (χ1) is 13.0. The monoisotopic (exact) mass is 395 g/mol. The Morgan fingerprint density at radius 2 is 2.15 bits per heavy atom. The third-order valence-corrected chi connectivity index (χ3v) is 5.87. The molecule has 1 atom stereocenters. The van der Waals surface area contributed by atoms with Gasteiger partial charge < -0.3 is 9.47 Å². The summed E-state index contributed by atoms with van der Waals surface area (Å²) >= 11 is 1.43. The summed E-state index contributed by atoms with van der Waals surface area (Å²) in [5, 5.41) is 3.41. The molecule has 1 fully saturated rings. The highest BCUT2D eigenvalue weighted by Gasteiger charge is 2.32. The van der Waals surface area contributed by atoms with Crippen molar-refractivity contribution in [3.05, 3.63) is 45.7 Å². The number of hydrogen-bond acceptors (Lipinski definition) is 5. The van der Waals surface area contributed by atoms with E-state index in [-0.39, 0.29) is 22.6 Å². The minimum absolute atomic E-state index is 0.0742. The van der Waals surface area contributed by atoms with E-state index in [0.29, 0.717) is 24.6 Å². The lowest BCUT2D eigenvalue weighted by atomic mass is 10.1. The number of nitrogens with one attached hydrogen (secondary N) is 1. The lowest BCUT2D eigenvalue weighted by molar-refractivity contribution is -0.0498. The Labute approximate surface area is 158 Å². The summed E-state index contributed by atoms with van der Waals surface area (Å²) < 4.78 is 36.9. The topological polar surface area (TPSA) is 68.6 Å². The number of nitrogens with zero attached hydrogens (tertiary/aromatic N) is 2. The van der Waals surface area contributed by atoms with Crippen LogP contribution in [0.5, 0.6) is 5.75 Å². The number of fused-ring (bicyclic) bond motifs is 1. The number of alkyl halides is 2. The van der Waals surface area contributed by atoms with Crippen molar-refractivity contribution in [3.63, 3.8) is 0 Å². The van der Waals surface area contributed by atoms with Gasteiger partial charge in [-0.05, 0) is 37.5 Å². The first-order valence-corrected chi connectivity index (χ1v) is 9.60. The van der Waals surface area contributed by atoms with Crippen LogP contribution in [0.3, 0.4) is 0 Å². The van der Waals surface area contributed by atoms with Crippen LogP contribution in [0, 0.1) is 0 Å². The molecule has 9 heteroatoms. The van der Waals surface area contributed by atoms with Crippen molar-refractivity contribution in [1.29, 1.82) is 0 Å². The molecule has 1 saturated heterocycles. The molecule has 0 amide bonds. The highest BCUT2D eigenvalue weighted by atomic mass is 32.2. The van der Waals surface area contributed by atoms with Crippen molar-refractivity contribution in [1.82, 2.24) is 9.78 Å². The van der Waals surface area contributed by atoms with Crippen molar-refractivity contribution < 1.29 is 18.3 Å². The van der Waals surface area contributed by atoms with Crippen LogP contribution in [0.4, 0.5) is 14.6 Å². The molecule has 2 aromatic rings. The summed E-state index contributed by atoms with van der Waals surface area (Å²) in [5.74, 6) is 0.693. The van der Waals surface area contributed by atoms with Crippen LogP contribution in [0.2, 0.25) is 0 Å². The molecular formula is C18H19F2N3O3S. The number of aliphatic imine (C=N–C) groups is 1. The summed E-state index contributed by atoms with van der Waals surface area (Å²) in [7, 11) is 0. The van der Waals surface area contributed by atoms with Crippen LogP contribution in [-0.4, -0.2) is 34.6 Å². The maximum absolute atomic E-state index is 12.7. The Morgan fingerprint density at radius 1 is 1.37 bits per heavy atom. The molecule has 1 N–H and O–H groups in total. The van der Waals surface area contributed by atoms with E-state index in [4.69, 9.17) is 4.74 Å². The van der Waals surface area contributed by atoms with E-state index in [2.05, 4.69) is 14.8 Å². The quantitative estimate of drug-likeness (QED) is 0.849. The van der Waals surface area contributed by atoms with Crippen molar-refractivity contribution >= 4 is 22.6 Å². The molecule has 1 aromatic carbocycles. The van der Waals surface area contributed by atoms with Gasteiger partial charge in [-0.3, -0.25) is 14.6 Å². The SMILES string of the molecule is CC1=Nc2c(c(=O)[nH]n2C2CCOCC2)[C@H](c2cccc(OC(F)F)c2)S1. The highest BCUT2D eigenvalue weighted by Crippen LogP contribution is 2.45. The number of aromatic nitrogens is 2. The molecule has 27 heavy (non-hydrogen) atoms. The zero-order valence-electron chi connectivity index (χ0n) is 14.7. The number of ether oxygens (including phenoxy) is 2. The predicted molar refractivity (Wildman–Crippen MR) is 99.4 cm³/mol. The first kappa shape index (κ1) is 18.2. The van der Waals surface area contributed by atoms with E-state index in [1.807, 2.05) is 17.7 Å². The van der Waals surface area contributed by atoms with Gasteiger partial charge in [-0.15, -0.1) is 0 Å². The van der Waals surface area contributed by atoms with Crippen LogP contribution in [0.15, 0.2) is 34.1 Å². The molecule has 0 radical (unpaired) electrons. The first-order valence-electron chi connectivity index (χ1n) is 8.72. The Morgan fingerprint density at radius 3 is 2.89 bits per heavy atom. The lowest BCUT2D eigenvalue weighted by Crippen LogP contribution is -2.21. The van der Waals surface area contributed by atoms with E-state index in [1.54, 1.807) is 12.1 Å². The second-order valence-corrected chi connectivity index (χ2v) is 7.77. The molecule has 0 bridgehead atoms. The second kappa shape index (κ2) is 7.47. The van der Waals surface area contributed by atoms with E-state index >= 15 is 0 Å². The highest BCUT2D eigenvalue weighted by molar-refractivity contribution is 8.14. The van der Waals surface area contributed by atoms with Crippen LogP contribution in [0.1, 0.15) is 42.2 Å². The maximum Gasteiger partial charge on any atom is 0.387 e. The number of hydrogen-bond donors (Lipinski definition) is 1. The Hall–Kier alpha value is -2.13. The number of thioether (sulfide) groups is 1. The average molecular weight is 395 g/mol. The van der Waals surface area contributed by atoms with Crippen LogP contribution >= 0.6 is 11.8 Å². The largest absolute Gasteiger partial charge is 0.435 e. The number of rotatable bonds is 4. The zero-order valence-corrected chi connectivity index (χ0v) is 15.5. The summed E-state index contributed by atoms with van der Waals surface area (Å²) in [6.45, 7) is 0.281. The molecule has 2 aliphatic heterocycles. The van der Waals surface area contributed by atoms with Gasteiger partial charge in [0, 0.05) is 13.2 Å². The van der Waals surface area contributed by atoms with Gasteiger partial charge in [0.05, 0.1) is 21.9 Å². The molecule has 4 rings (SSSR count). The number of halogens is 2. The molecule has 6 nitrogen and oxygen atoms in total. The van der Waals surface area contributed by atoms with Gasteiger partial charge >= 0.3 is 6.61 Å². The third-order valence-electron chi connectivity index (χ3n) is 4.69. The fraction of sp³-hybridized carbons (Fsp3) is 0.444. The van der Waals surface area contributed by atoms with Gasteiger partial charge in [0.25, 0.3) is 5.56 Å². The molecule has 1 aromatic heterocycles. The number of benzene rings is 1. The molecule has 0 aliphatic carbocycles. The molecule has 144 valence electrons. The average Bonchev–Trinajstić information content (AvgIpc) is 2.98. The van der Waals surface area contributed by atoms with Gasteiger partial charge in [-0.1, -0.05) is 23.9 Å². The number of H-pyrrole nitrogens is 1. The van der Waals surface area contributed by atoms with Crippen molar-refractivity contribution in [3.8, 4) is 5.75 Å². The molecule has 3 heterocycles. The summed E-state index contributed by atoms with van der Waals surface area (Å²) in [4.78, 5) is 17.3. The fourth-order valence-electron chi connectivity index (χ4n) is 3.51. The van der Waals surface area contributed by atoms with E-state index in [9.17, 15) is 13.6 Å². The van der Waals surface area contributed by atoms with Crippen LogP contribution in [-0.2, 0) is 4.74 Å². The van der Waals surface area contributed by atoms with Crippen LogP contribution < -0.4 is 10.3 Å². The van der Waals surface area contributed by atoms with Crippen molar-refractivity contribution in [2.75, 3.05) is 13.2 Å². The van der Waals surface area contributed by atoms with E-state index < -0.39 is 6.61 Å². The fourth-order valence-corrected chi connectivity index (χ4v) is 4.60. The second-order valence-electron chi connectivity index (χ2n) is 6.47. The Balaban J connectivity index is 1.75. The Bertz CT molecular complexity index is 919. The minimum Gasteiger partial charge on any atom is -0.435 e. The molecule has 0 unspecified atom stereocenters. The van der Waals surface area contributed by atoms with Gasteiger partial charge in [0.1, 0.15) is 5.75 Å². The molecular weight excluding hydrogens is 376 g/mol. The summed E-state index contributed by atoms with van der Waals surface area (Å²) in [6.07, 6.45) is 1.61. The standard InChI is InChI=1S/C18H19F2N3O3S/c1-10-21-16-14(17(24)22-23(16)12-5-7-25-8-6-12)15(27-10)11-3-2-4-13(9-11)26-18(19)20/h2-4,9,12,15,18H,5-8H2,1H3,(H,22,24)/t15-/m0/s1. The van der Waals surface area contributed by atoms with E-state index in [1.165, 1.54) is 17.8 Å². The van der Waals surface area contributed by atoms with Gasteiger partial charge in [-0.2, -0.15) is 8.78 Å². The minimum atomic E-state index is -2.89. The normalized spacial score (nSPS) is 20.4. The predicted octanol–water partition coefficient (Wildman–Crippen LogP) is 4.02. The van der Waals surface area contributed by atoms with Crippen molar-refractivity contribution in [2.45, 2.75) is 37.7 Å². The van der Waals surface area contributed by atoms with Gasteiger partial charge in [-0.25, -0.2) is 4.99 Å². The molecule has 0 saturated carbocycles. The lowest BCUT2D eigenvalue weighted by Gasteiger charge is -2.26. The van der Waals surface area contributed by atoms with Crippen LogP contribution in [0.25, 0.3) is 0 Å². The summed E-state index contributed by atoms with van der Waals surface area (Å²) in [6, 6.07) is 6.62. The molecule has 2 aliphatic rings. The zero-order chi connectivity index (χ0) is 19.0. The van der Waals surface area contributed by atoms with Crippen molar-refractivity contribution in [2.24, 2.45) is 4.99 Å². The van der Waals surface area contributed by atoms with E-state index in [0.717, 1.165) is 23.4 Å². The summed E-state index contributed by atoms with van der Waals surface area (Å²) in [5.41, 5.74) is 1.07. The van der Waals surface area contributed by atoms with Gasteiger partial charge in [0.2, 0.25) is 0 Å². The van der Waals surface area contributed by atoms with Gasteiger partial charge in [0.15, 0.2) is 5.82 Å². The third kappa shape index (κ3) is 3.66. The number of aromatic amines is 1. The smallest absolute Gasteiger partial charge is 0.387 e. The maximum atomic E-state index is 12.7.